The molecular formula is C11H17N9O2. The van der Waals surface area contributed by atoms with Crippen molar-refractivity contribution >= 4 is 17.6 Å². The van der Waals surface area contributed by atoms with Crippen LogP contribution in [-0.2, 0) is 18.4 Å². The third kappa shape index (κ3) is 3.07. The van der Waals surface area contributed by atoms with Crippen LogP contribution in [0.5, 0.6) is 0 Å². The van der Waals surface area contributed by atoms with Crippen LogP contribution in [0.1, 0.15) is 37.1 Å². The summed E-state index contributed by atoms with van der Waals surface area (Å²) < 4.78 is 2.76. The number of nitrogens with two attached hydrogens (primary N) is 1. The number of anilines is 1. The maximum Gasteiger partial charge on any atom is 0.273 e. The number of hydrogen-bond donors (Lipinski definition) is 2. The van der Waals surface area contributed by atoms with Crippen LogP contribution in [0.15, 0.2) is 0 Å². The molecule has 0 aliphatic rings. The van der Waals surface area contributed by atoms with Gasteiger partial charge in [0.15, 0.2) is 17.3 Å². The minimum atomic E-state index is -0.786. The molecule has 0 bridgehead atoms. The zero-order valence-electron chi connectivity index (χ0n) is 12.7. The first-order chi connectivity index (χ1) is 10.2. The number of aromatic nitrogens is 7. The summed E-state index contributed by atoms with van der Waals surface area (Å²) in [5, 5.41) is 21.2. The van der Waals surface area contributed by atoms with Crippen LogP contribution in [0, 0.1) is 5.41 Å². The number of rotatable bonds is 4. The van der Waals surface area contributed by atoms with Crippen LogP contribution >= 0.6 is 0 Å². The van der Waals surface area contributed by atoms with Crippen molar-refractivity contribution in [3.63, 3.8) is 0 Å². The molecule has 0 unspecified atom stereocenters. The van der Waals surface area contributed by atoms with E-state index in [9.17, 15) is 9.59 Å². The third-order valence-corrected chi connectivity index (χ3v) is 2.88. The molecule has 2 amide bonds. The number of nitrogens with zero attached hydrogens (tertiary/aromatic N) is 7. The van der Waals surface area contributed by atoms with Crippen molar-refractivity contribution in [3.8, 4) is 0 Å². The molecule has 0 aromatic carbocycles. The minimum absolute atomic E-state index is 0.118. The lowest BCUT2D eigenvalue weighted by Gasteiger charge is -2.18. The largest absolute Gasteiger partial charge is 0.364 e. The Morgan fingerprint density at radius 1 is 1.23 bits per heavy atom. The van der Waals surface area contributed by atoms with Gasteiger partial charge in [-0.2, -0.15) is 0 Å². The van der Waals surface area contributed by atoms with Crippen LogP contribution in [0.25, 0.3) is 0 Å². The van der Waals surface area contributed by atoms with E-state index in [2.05, 4.69) is 31.2 Å². The molecule has 0 saturated carbocycles. The molecule has 0 aliphatic carbocycles. The molecule has 11 heteroatoms. The summed E-state index contributed by atoms with van der Waals surface area (Å²) in [4.78, 5) is 23.6. The molecule has 2 heterocycles. The number of nitrogens with one attached hydrogen (secondary N) is 1. The first kappa shape index (κ1) is 15.5. The van der Waals surface area contributed by atoms with Crippen LogP contribution < -0.4 is 11.1 Å². The molecule has 3 N–H and O–H groups in total. The van der Waals surface area contributed by atoms with Gasteiger partial charge in [0.1, 0.15) is 6.54 Å². The van der Waals surface area contributed by atoms with Gasteiger partial charge in [-0.05, 0) is 10.4 Å². The van der Waals surface area contributed by atoms with Crippen molar-refractivity contribution in [1.82, 2.24) is 35.2 Å². The van der Waals surface area contributed by atoms with Crippen LogP contribution in [0.2, 0.25) is 0 Å². The highest BCUT2D eigenvalue weighted by molar-refractivity contribution is 6.01. The number of hydrogen-bond acceptors (Lipinski definition) is 7. The number of primary amides is 1. The predicted molar refractivity (Wildman–Crippen MR) is 74.5 cm³/mol. The fourth-order valence-corrected chi connectivity index (χ4v) is 1.52. The third-order valence-electron chi connectivity index (χ3n) is 2.88. The van der Waals surface area contributed by atoms with E-state index in [0.717, 1.165) is 0 Å². The van der Waals surface area contributed by atoms with E-state index >= 15 is 0 Å². The van der Waals surface area contributed by atoms with Crippen molar-refractivity contribution in [2.45, 2.75) is 27.3 Å². The summed E-state index contributed by atoms with van der Waals surface area (Å²) in [5.41, 5.74) is 4.49. The lowest BCUT2D eigenvalue weighted by atomic mass is 9.96. The zero-order chi connectivity index (χ0) is 16.5. The molecule has 118 valence electrons. The second-order valence-electron chi connectivity index (χ2n) is 5.73. The van der Waals surface area contributed by atoms with Crippen LogP contribution in [-0.4, -0.2) is 47.0 Å². The molecular weight excluding hydrogens is 290 g/mol. The number of carbonyl (C=O) groups excluding carboxylic acids is 2. The van der Waals surface area contributed by atoms with Gasteiger partial charge in [0.05, 0.1) is 0 Å². The van der Waals surface area contributed by atoms with E-state index in [1.807, 2.05) is 0 Å². The monoisotopic (exact) mass is 307 g/mol. The molecule has 2 rings (SSSR count). The van der Waals surface area contributed by atoms with Crippen LogP contribution in [0.4, 0.5) is 5.82 Å². The van der Waals surface area contributed by atoms with E-state index < -0.39 is 11.3 Å². The van der Waals surface area contributed by atoms with E-state index in [1.165, 1.54) is 9.36 Å². The Bertz CT molecular complexity index is 709. The van der Waals surface area contributed by atoms with Gasteiger partial charge in [-0.1, -0.05) is 26.0 Å². The van der Waals surface area contributed by atoms with Crippen LogP contribution in [0.3, 0.4) is 0 Å². The Morgan fingerprint density at radius 2 is 1.91 bits per heavy atom. The Labute approximate surface area is 125 Å². The smallest absolute Gasteiger partial charge is 0.273 e. The Balaban J connectivity index is 2.37. The fourth-order valence-electron chi connectivity index (χ4n) is 1.52. The highest BCUT2D eigenvalue weighted by atomic mass is 16.2. The van der Waals surface area contributed by atoms with Gasteiger partial charge < -0.3 is 11.1 Å². The molecule has 0 aliphatic heterocycles. The number of aryl methyl sites for hydroxylation is 1. The highest BCUT2D eigenvalue weighted by Gasteiger charge is 2.26. The first-order valence-electron chi connectivity index (χ1n) is 6.46. The van der Waals surface area contributed by atoms with Crippen molar-refractivity contribution < 1.29 is 9.59 Å². The van der Waals surface area contributed by atoms with Gasteiger partial charge in [0, 0.05) is 12.5 Å². The maximum atomic E-state index is 12.2. The van der Waals surface area contributed by atoms with Gasteiger partial charge in [-0.15, -0.1) is 10.2 Å². The Kier molecular flexibility index (Phi) is 3.89. The average Bonchev–Trinajstić information content (AvgIpc) is 2.97. The maximum absolute atomic E-state index is 12.2. The molecule has 0 radical (unpaired) electrons. The number of tetrazole rings is 1. The van der Waals surface area contributed by atoms with E-state index in [4.69, 9.17) is 5.73 Å². The van der Waals surface area contributed by atoms with E-state index in [-0.39, 0.29) is 24.0 Å². The normalized spacial score (nSPS) is 11.5. The summed E-state index contributed by atoms with van der Waals surface area (Å²) in [7, 11) is 1.66. The molecule has 0 spiro atoms. The molecule has 11 nitrogen and oxygen atoms in total. The molecule has 2 aromatic heterocycles. The van der Waals surface area contributed by atoms with Gasteiger partial charge in [-0.3, -0.25) is 9.59 Å². The molecule has 22 heavy (non-hydrogen) atoms. The molecule has 0 atom stereocenters. The lowest BCUT2D eigenvalue weighted by molar-refractivity contribution is -0.123. The predicted octanol–water partition coefficient (Wildman–Crippen LogP) is -1.07. The summed E-state index contributed by atoms with van der Waals surface area (Å²) in [6.45, 7) is 5.36. The summed E-state index contributed by atoms with van der Waals surface area (Å²) >= 11 is 0. The topological polar surface area (TPSA) is 146 Å². The summed E-state index contributed by atoms with van der Waals surface area (Å²) in [5.74, 6) is -0.483. The van der Waals surface area contributed by atoms with Gasteiger partial charge in [-0.25, -0.2) is 9.36 Å². The van der Waals surface area contributed by atoms with Gasteiger partial charge in [0.2, 0.25) is 5.91 Å². The highest BCUT2D eigenvalue weighted by Crippen LogP contribution is 2.19. The van der Waals surface area contributed by atoms with Crippen molar-refractivity contribution in [2.75, 3.05) is 5.32 Å². The Hall–Kier alpha value is -2.85. The number of amides is 2. The zero-order valence-corrected chi connectivity index (χ0v) is 12.7. The van der Waals surface area contributed by atoms with E-state index in [0.29, 0.717) is 5.82 Å². The second-order valence-corrected chi connectivity index (χ2v) is 5.73. The summed E-state index contributed by atoms with van der Waals surface area (Å²) in [6.07, 6.45) is 0. The molecule has 2 aromatic rings. The number of carbonyl (C=O) groups is 2. The SMILES string of the molecule is Cn1nnnc1Cn1nnc(C(N)=O)c1NC(=O)C(C)(C)C. The quantitative estimate of drug-likeness (QED) is 0.731. The minimum Gasteiger partial charge on any atom is -0.364 e. The average molecular weight is 307 g/mol. The molecule has 0 fully saturated rings. The fraction of sp³-hybridized carbons (Fsp3) is 0.545. The van der Waals surface area contributed by atoms with Crippen molar-refractivity contribution in [1.29, 1.82) is 0 Å². The van der Waals surface area contributed by atoms with Gasteiger partial charge in [0.25, 0.3) is 5.91 Å². The standard InChI is InChI=1S/C11H17N9O2/c1-11(2,3)10(22)13-9-7(8(12)21)15-17-20(9)5-6-14-16-18-19(6)4/h5H2,1-4H3,(H2,12,21)(H,13,22). The van der Waals surface area contributed by atoms with E-state index in [1.54, 1.807) is 27.8 Å². The molecule has 0 saturated heterocycles. The Morgan fingerprint density at radius 3 is 2.41 bits per heavy atom. The van der Waals surface area contributed by atoms with Crippen molar-refractivity contribution in [2.24, 2.45) is 18.2 Å². The summed E-state index contributed by atoms with van der Waals surface area (Å²) in [6, 6.07) is 0. The van der Waals surface area contributed by atoms with Gasteiger partial charge >= 0.3 is 0 Å². The lowest BCUT2D eigenvalue weighted by Crippen LogP contribution is -2.30. The van der Waals surface area contributed by atoms with Crippen molar-refractivity contribution in [3.05, 3.63) is 11.5 Å². The second kappa shape index (κ2) is 5.50. The first-order valence-corrected chi connectivity index (χ1v) is 6.46.